The SMILES string of the molecule is CCCCC(CC)c1ccccc1/C=C(\C)C(C)c1cc(F)ccc1C. The molecule has 0 saturated carbocycles. The Bertz CT molecular complexity index is 742. The second-order valence-corrected chi connectivity index (χ2v) is 7.49. The Balaban J connectivity index is 2.35. The summed E-state index contributed by atoms with van der Waals surface area (Å²) in [5.41, 5.74) is 6.26. The van der Waals surface area contributed by atoms with Gasteiger partial charge in [0.2, 0.25) is 0 Å². The smallest absolute Gasteiger partial charge is 0.123 e. The van der Waals surface area contributed by atoms with Crippen LogP contribution in [0.15, 0.2) is 48.0 Å². The molecule has 2 unspecified atom stereocenters. The largest absolute Gasteiger partial charge is 0.207 e. The van der Waals surface area contributed by atoms with Crippen molar-refractivity contribution in [3.8, 4) is 0 Å². The number of allylic oxidation sites excluding steroid dienone is 1. The molecular weight excluding hydrogens is 319 g/mol. The summed E-state index contributed by atoms with van der Waals surface area (Å²) in [6.07, 6.45) is 7.23. The van der Waals surface area contributed by atoms with E-state index >= 15 is 0 Å². The summed E-state index contributed by atoms with van der Waals surface area (Å²) in [6.45, 7) is 10.9. The highest BCUT2D eigenvalue weighted by Gasteiger charge is 2.15. The maximum atomic E-state index is 13.7. The van der Waals surface area contributed by atoms with Gasteiger partial charge in [-0.25, -0.2) is 4.39 Å². The lowest BCUT2D eigenvalue weighted by molar-refractivity contribution is 0.569. The molecule has 0 aliphatic heterocycles. The average molecular weight is 353 g/mol. The molecule has 0 aromatic heterocycles. The lowest BCUT2D eigenvalue weighted by Gasteiger charge is -2.20. The van der Waals surface area contributed by atoms with E-state index in [2.05, 4.69) is 65.0 Å². The van der Waals surface area contributed by atoms with Gasteiger partial charge in [0.1, 0.15) is 5.82 Å². The zero-order chi connectivity index (χ0) is 19.1. The van der Waals surface area contributed by atoms with Crippen LogP contribution in [0, 0.1) is 12.7 Å². The maximum absolute atomic E-state index is 13.7. The van der Waals surface area contributed by atoms with Gasteiger partial charge in [-0.15, -0.1) is 0 Å². The van der Waals surface area contributed by atoms with Crippen molar-refractivity contribution < 1.29 is 4.39 Å². The van der Waals surface area contributed by atoms with Crippen molar-refractivity contribution in [2.75, 3.05) is 0 Å². The molecule has 0 spiro atoms. The first-order valence-corrected chi connectivity index (χ1v) is 10.0. The van der Waals surface area contributed by atoms with Crippen molar-refractivity contribution >= 4 is 6.08 Å². The Labute approximate surface area is 159 Å². The molecular formula is C25H33F. The van der Waals surface area contributed by atoms with Gasteiger partial charge in [-0.2, -0.15) is 0 Å². The maximum Gasteiger partial charge on any atom is 0.123 e. The van der Waals surface area contributed by atoms with Gasteiger partial charge >= 0.3 is 0 Å². The van der Waals surface area contributed by atoms with Crippen LogP contribution in [0.2, 0.25) is 0 Å². The number of unbranched alkanes of at least 4 members (excludes halogenated alkanes) is 1. The van der Waals surface area contributed by atoms with Crippen LogP contribution in [-0.4, -0.2) is 0 Å². The van der Waals surface area contributed by atoms with Gasteiger partial charge in [0.05, 0.1) is 0 Å². The van der Waals surface area contributed by atoms with E-state index < -0.39 is 0 Å². The molecule has 0 fully saturated rings. The zero-order valence-electron chi connectivity index (χ0n) is 17.0. The number of rotatable bonds is 8. The molecule has 0 amide bonds. The minimum Gasteiger partial charge on any atom is -0.207 e. The number of hydrogen-bond donors (Lipinski definition) is 0. The molecule has 0 bridgehead atoms. The first kappa shape index (κ1) is 20.4. The fraction of sp³-hybridized carbons (Fsp3) is 0.440. The van der Waals surface area contributed by atoms with Crippen LogP contribution in [0.3, 0.4) is 0 Å². The molecule has 26 heavy (non-hydrogen) atoms. The molecule has 0 aliphatic carbocycles. The zero-order valence-corrected chi connectivity index (χ0v) is 17.0. The summed E-state index contributed by atoms with van der Waals surface area (Å²) < 4.78 is 13.7. The number of hydrogen-bond acceptors (Lipinski definition) is 0. The monoisotopic (exact) mass is 352 g/mol. The van der Waals surface area contributed by atoms with E-state index in [1.807, 2.05) is 6.07 Å². The molecule has 1 heteroatoms. The van der Waals surface area contributed by atoms with Crippen LogP contribution >= 0.6 is 0 Å². The third kappa shape index (κ3) is 5.06. The van der Waals surface area contributed by atoms with Crippen LogP contribution in [0.4, 0.5) is 4.39 Å². The number of benzene rings is 2. The third-order valence-corrected chi connectivity index (χ3v) is 5.61. The number of halogens is 1. The highest BCUT2D eigenvalue weighted by Crippen LogP contribution is 2.32. The molecule has 2 aromatic carbocycles. The first-order chi connectivity index (χ1) is 12.5. The summed E-state index contributed by atoms with van der Waals surface area (Å²) in [5, 5.41) is 0. The van der Waals surface area contributed by atoms with Crippen LogP contribution in [0.5, 0.6) is 0 Å². The van der Waals surface area contributed by atoms with E-state index in [4.69, 9.17) is 0 Å². The van der Waals surface area contributed by atoms with E-state index in [9.17, 15) is 4.39 Å². The predicted molar refractivity (Wildman–Crippen MR) is 112 cm³/mol. The highest BCUT2D eigenvalue weighted by atomic mass is 19.1. The van der Waals surface area contributed by atoms with Crippen LogP contribution < -0.4 is 0 Å². The van der Waals surface area contributed by atoms with E-state index in [0.29, 0.717) is 5.92 Å². The normalized spacial score (nSPS) is 14.3. The molecule has 0 N–H and O–H groups in total. The molecule has 2 atom stereocenters. The summed E-state index contributed by atoms with van der Waals surface area (Å²) in [5.74, 6) is 0.659. The lowest BCUT2D eigenvalue weighted by atomic mass is 9.85. The van der Waals surface area contributed by atoms with Crippen LogP contribution in [-0.2, 0) is 0 Å². The Morgan fingerprint density at radius 2 is 1.81 bits per heavy atom. The Morgan fingerprint density at radius 3 is 2.50 bits per heavy atom. The van der Waals surface area contributed by atoms with Crippen molar-refractivity contribution in [3.05, 3.63) is 76.1 Å². The van der Waals surface area contributed by atoms with Crippen molar-refractivity contribution in [1.29, 1.82) is 0 Å². The van der Waals surface area contributed by atoms with E-state index in [-0.39, 0.29) is 11.7 Å². The van der Waals surface area contributed by atoms with Crippen molar-refractivity contribution in [2.24, 2.45) is 0 Å². The summed E-state index contributed by atoms with van der Waals surface area (Å²) in [7, 11) is 0. The van der Waals surface area contributed by atoms with E-state index in [1.165, 1.54) is 42.4 Å². The molecule has 0 aliphatic rings. The molecule has 2 aromatic rings. The third-order valence-electron chi connectivity index (χ3n) is 5.61. The first-order valence-electron chi connectivity index (χ1n) is 10.0. The van der Waals surface area contributed by atoms with Crippen molar-refractivity contribution in [3.63, 3.8) is 0 Å². The topological polar surface area (TPSA) is 0 Å². The summed E-state index contributed by atoms with van der Waals surface area (Å²) >= 11 is 0. The van der Waals surface area contributed by atoms with Gasteiger partial charge in [0.15, 0.2) is 0 Å². The fourth-order valence-corrected chi connectivity index (χ4v) is 3.74. The standard InChI is InChI=1S/C25H33F/c1-6-8-11-21(7-2)24-13-10-9-12-22(24)16-19(4)20(5)25-17-23(26)15-14-18(25)3/h9-10,12-17,20-21H,6-8,11H2,1-5H3/b19-16+. The lowest BCUT2D eigenvalue weighted by Crippen LogP contribution is -2.02. The summed E-state index contributed by atoms with van der Waals surface area (Å²) in [6, 6.07) is 13.9. The number of aryl methyl sites for hydroxylation is 1. The molecule has 0 saturated heterocycles. The minimum absolute atomic E-state index is 0.156. The van der Waals surface area contributed by atoms with E-state index in [0.717, 1.165) is 11.1 Å². The van der Waals surface area contributed by atoms with E-state index in [1.54, 1.807) is 12.1 Å². The fourth-order valence-electron chi connectivity index (χ4n) is 3.74. The Morgan fingerprint density at radius 1 is 1.08 bits per heavy atom. The van der Waals surface area contributed by atoms with Crippen LogP contribution in [0.1, 0.15) is 87.5 Å². The van der Waals surface area contributed by atoms with Gasteiger partial charge in [-0.05, 0) is 67.0 Å². The quantitative estimate of drug-likeness (QED) is 0.451. The average Bonchev–Trinajstić information content (AvgIpc) is 2.64. The van der Waals surface area contributed by atoms with Gasteiger partial charge in [0, 0.05) is 5.92 Å². The van der Waals surface area contributed by atoms with Crippen molar-refractivity contribution in [2.45, 2.75) is 72.1 Å². The Hall–Kier alpha value is -1.89. The van der Waals surface area contributed by atoms with Gasteiger partial charge in [-0.1, -0.05) is 75.6 Å². The molecule has 0 heterocycles. The summed E-state index contributed by atoms with van der Waals surface area (Å²) in [4.78, 5) is 0. The second kappa shape index (κ2) is 9.71. The molecule has 2 rings (SSSR count). The van der Waals surface area contributed by atoms with Crippen LogP contribution in [0.25, 0.3) is 6.08 Å². The molecule has 0 nitrogen and oxygen atoms in total. The highest BCUT2D eigenvalue weighted by molar-refractivity contribution is 5.59. The molecule has 0 radical (unpaired) electrons. The van der Waals surface area contributed by atoms with Gasteiger partial charge in [0.25, 0.3) is 0 Å². The van der Waals surface area contributed by atoms with Crippen molar-refractivity contribution in [1.82, 2.24) is 0 Å². The van der Waals surface area contributed by atoms with Gasteiger partial charge < -0.3 is 0 Å². The molecule has 140 valence electrons. The Kier molecular flexibility index (Phi) is 7.63. The predicted octanol–water partition coefficient (Wildman–Crippen LogP) is 8.02. The minimum atomic E-state index is -0.156. The second-order valence-electron chi connectivity index (χ2n) is 7.49. The van der Waals surface area contributed by atoms with Gasteiger partial charge in [-0.3, -0.25) is 0 Å².